The smallest absolute Gasteiger partial charge is 0.412 e. The lowest BCUT2D eigenvalue weighted by Crippen LogP contribution is -2.36. The first-order valence-corrected chi connectivity index (χ1v) is 3.30. The fraction of sp³-hybridized carbons (Fsp3) is 0.143. The molecule has 3 N–H and O–H groups in total. The summed E-state index contributed by atoms with van der Waals surface area (Å²) in [4.78, 5) is 14.5. The van der Waals surface area contributed by atoms with Crippen LogP contribution in [-0.4, -0.2) is 18.4 Å². The molecule has 1 fully saturated rings. The molecular formula is C7H9N3O2. The van der Waals surface area contributed by atoms with E-state index in [4.69, 9.17) is 5.73 Å². The zero-order valence-corrected chi connectivity index (χ0v) is 6.41. The largest absolute Gasteiger partial charge is 0.443 e. The second-order valence-corrected chi connectivity index (χ2v) is 2.10. The number of carbonyl (C=O) groups is 1. The van der Waals surface area contributed by atoms with E-state index in [1.165, 1.54) is 12.4 Å². The minimum absolute atomic E-state index is 0.134. The summed E-state index contributed by atoms with van der Waals surface area (Å²) >= 11 is 0. The molecule has 0 saturated carbocycles. The maximum atomic E-state index is 10.6. The fourth-order valence-electron chi connectivity index (χ4n) is 0.701. The third-order valence-electron chi connectivity index (χ3n) is 1.26. The topological polar surface area (TPSA) is 76.7 Å². The van der Waals surface area contributed by atoms with Crippen LogP contribution in [0.5, 0.6) is 0 Å². The van der Waals surface area contributed by atoms with Gasteiger partial charge in [0.05, 0.1) is 5.70 Å². The summed E-state index contributed by atoms with van der Waals surface area (Å²) in [6.45, 7) is 3.72. The number of rotatable bonds is 1. The van der Waals surface area contributed by atoms with Gasteiger partial charge in [-0.2, -0.15) is 0 Å². The van der Waals surface area contributed by atoms with Gasteiger partial charge in [-0.3, -0.25) is 10.3 Å². The molecule has 1 aliphatic heterocycles. The first-order chi connectivity index (χ1) is 5.74. The van der Waals surface area contributed by atoms with E-state index in [-0.39, 0.29) is 6.61 Å². The predicted octanol–water partition coefficient (Wildman–Crippen LogP) is 0.111. The van der Waals surface area contributed by atoms with Gasteiger partial charge in [-0.05, 0) is 0 Å². The summed E-state index contributed by atoms with van der Waals surface area (Å²) < 4.78 is 4.64. The molecule has 1 amide bonds. The van der Waals surface area contributed by atoms with Gasteiger partial charge in [-0.1, -0.05) is 6.58 Å². The molecule has 1 rings (SSSR count). The van der Waals surface area contributed by atoms with Gasteiger partial charge in [-0.25, -0.2) is 4.79 Å². The molecule has 64 valence electrons. The number of nitrogens with zero attached hydrogens (tertiary/aromatic N) is 1. The second-order valence-electron chi connectivity index (χ2n) is 2.10. The molecule has 5 heteroatoms. The summed E-state index contributed by atoms with van der Waals surface area (Å²) in [5.41, 5.74) is 6.09. The molecular weight excluding hydrogens is 158 g/mol. The van der Waals surface area contributed by atoms with Crippen LogP contribution >= 0.6 is 0 Å². The normalized spacial score (nSPS) is 21.2. The van der Waals surface area contributed by atoms with Crippen molar-refractivity contribution in [3.63, 3.8) is 0 Å². The summed E-state index contributed by atoms with van der Waals surface area (Å²) in [6, 6.07) is 0. The highest BCUT2D eigenvalue weighted by atomic mass is 16.6. The van der Waals surface area contributed by atoms with E-state index in [1.54, 1.807) is 0 Å². The van der Waals surface area contributed by atoms with E-state index >= 15 is 0 Å². The third-order valence-corrected chi connectivity index (χ3v) is 1.26. The van der Waals surface area contributed by atoms with Crippen LogP contribution in [0.25, 0.3) is 0 Å². The maximum absolute atomic E-state index is 10.6. The minimum Gasteiger partial charge on any atom is -0.443 e. The van der Waals surface area contributed by atoms with Crippen molar-refractivity contribution in [2.45, 2.75) is 0 Å². The Hall–Kier alpha value is -1.78. The molecule has 5 nitrogen and oxygen atoms in total. The molecule has 0 spiro atoms. The Morgan fingerprint density at radius 2 is 2.50 bits per heavy atom. The lowest BCUT2D eigenvalue weighted by Gasteiger charge is -2.16. The number of ether oxygens (including phenoxy) is 1. The maximum Gasteiger partial charge on any atom is 0.412 e. The first-order valence-electron chi connectivity index (χ1n) is 3.30. The molecule has 1 aliphatic rings. The fourth-order valence-corrected chi connectivity index (χ4v) is 0.701. The molecule has 0 aromatic heterocycles. The van der Waals surface area contributed by atoms with Gasteiger partial charge in [0.2, 0.25) is 0 Å². The number of hydrogen-bond acceptors (Lipinski definition) is 4. The van der Waals surface area contributed by atoms with Crippen LogP contribution < -0.4 is 11.1 Å². The van der Waals surface area contributed by atoms with Gasteiger partial charge >= 0.3 is 6.09 Å². The lowest BCUT2D eigenvalue weighted by molar-refractivity contribution is 0.161. The zero-order chi connectivity index (χ0) is 8.97. The van der Waals surface area contributed by atoms with Crippen molar-refractivity contribution in [3.8, 4) is 0 Å². The van der Waals surface area contributed by atoms with Crippen LogP contribution in [0.1, 0.15) is 0 Å². The average Bonchev–Trinajstić information content (AvgIpc) is 2.03. The Morgan fingerprint density at radius 1 is 1.75 bits per heavy atom. The number of alkyl carbamates (subject to hydrolysis) is 1. The van der Waals surface area contributed by atoms with Crippen LogP contribution in [0.4, 0.5) is 4.79 Å². The van der Waals surface area contributed by atoms with Crippen molar-refractivity contribution >= 4 is 11.8 Å². The highest BCUT2D eigenvalue weighted by Crippen LogP contribution is 2.00. The second kappa shape index (κ2) is 3.56. The van der Waals surface area contributed by atoms with Gasteiger partial charge in [0.15, 0.2) is 0 Å². The summed E-state index contributed by atoms with van der Waals surface area (Å²) in [7, 11) is 0. The van der Waals surface area contributed by atoms with Crippen molar-refractivity contribution < 1.29 is 9.53 Å². The standard InChI is InChI=1S/C7H9N3O2/c1-5-6(9-3-2-8)4-12-7(11)10-5/h2-3H,1,4,8H2,(H,10,11)/b3-2-,9-6-. The third kappa shape index (κ3) is 1.85. The monoisotopic (exact) mass is 167 g/mol. The molecule has 12 heavy (non-hydrogen) atoms. The van der Waals surface area contributed by atoms with E-state index in [9.17, 15) is 4.79 Å². The van der Waals surface area contributed by atoms with Crippen LogP contribution in [-0.2, 0) is 4.74 Å². The van der Waals surface area contributed by atoms with Crippen LogP contribution in [0, 0.1) is 0 Å². The van der Waals surface area contributed by atoms with Crippen molar-refractivity contribution in [3.05, 3.63) is 24.7 Å². The molecule has 0 aliphatic carbocycles. The number of cyclic esters (lactones) is 1. The highest BCUT2D eigenvalue weighted by Gasteiger charge is 2.16. The first kappa shape index (κ1) is 8.32. The van der Waals surface area contributed by atoms with E-state index in [1.807, 2.05) is 0 Å². The van der Waals surface area contributed by atoms with E-state index in [0.29, 0.717) is 11.4 Å². The van der Waals surface area contributed by atoms with Crippen molar-refractivity contribution in [1.29, 1.82) is 0 Å². The molecule has 0 atom stereocenters. The SMILES string of the molecule is C=C1NC(=O)OC/C1=N/C=C\N. The highest BCUT2D eigenvalue weighted by molar-refractivity contribution is 6.05. The molecule has 0 bridgehead atoms. The number of nitrogens with two attached hydrogens (primary N) is 1. The number of nitrogens with one attached hydrogen (secondary N) is 1. The number of hydrogen-bond donors (Lipinski definition) is 2. The van der Waals surface area contributed by atoms with Crippen LogP contribution in [0.2, 0.25) is 0 Å². The Labute approximate surface area is 69.6 Å². The van der Waals surface area contributed by atoms with Crippen molar-refractivity contribution in [1.82, 2.24) is 5.32 Å². The minimum atomic E-state index is -0.504. The summed E-state index contributed by atoms with van der Waals surface area (Å²) in [5.74, 6) is 0. The Kier molecular flexibility index (Phi) is 2.47. The Morgan fingerprint density at radius 3 is 3.08 bits per heavy atom. The quantitative estimate of drug-likeness (QED) is 0.582. The Balaban J connectivity index is 2.68. The van der Waals surface area contributed by atoms with Crippen LogP contribution in [0.15, 0.2) is 29.7 Å². The van der Waals surface area contributed by atoms with E-state index in [2.05, 4.69) is 21.6 Å². The van der Waals surface area contributed by atoms with Gasteiger partial charge in [0.25, 0.3) is 0 Å². The summed E-state index contributed by atoms with van der Waals surface area (Å²) in [6.07, 6.45) is 2.19. The van der Waals surface area contributed by atoms with Gasteiger partial charge in [-0.15, -0.1) is 0 Å². The van der Waals surface area contributed by atoms with Crippen molar-refractivity contribution in [2.75, 3.05) is 6.61 Å². The molecule has 1 heterocycles. The van der Waals surface area contributed by atoms with E-state index < -0.39 is 6.09 Å². The van der Waals surface area contributed by atoms with Gasteiger partial charge in [0.1, 0.15) is 12.3 Å². The Bertz CT molecular complexity index is 268. The van der Waals surface area contributed by atoms with Crippen molar-refractivity contribution in [2.24, 2.45) is 10.7 Å². The van der Waals surface area contributed by atoms with Crippen LogP contribution in [0.3, 0.4) is 0 Å². The number of aliphatic imine (C=N–C) groups is 1. The molecule has 0 aromatic carbocycles. The lowest BCUT2D eigenvalue weighted by atomic mass is 10.3. The zero-order valence-electron chi connectivity index (χ0n) is 6.41. The molecule has 0 aromatic rings. The number of carbonyl (C=O) groups excluding carboxylic acids is 1. The summed E-state index contributed by atoms with van der Waals surface area (Å²) in [5, 5.41) is 2.38. The number of amides is 1. The van der Waals surface area contributed by atoms with Gasteiger partial charge in [0, 0.05) is 12.4 Å². The predicted molar refractivity (Wildman–Crippen MR) is 44.4 cm³/mol. The molecule has 1 saturated heterocycles. The average molecular weight is 167 g/mol. The van der Waals surface area contributed by atoms with E-state index in [0.717, 1.165) is 0 Å². The van der Waals surface area contributed by atoms with Gasteiger partial charge < -0.3 is 10.5 Å². The molecule has 0 radical (unpaired) electrons. The molecule has 0 unspecified atom stereocenters.